The van der Waals surface area contributed by atoms with E-state index >= 15 is 0 Å². The van der Waals surface area contributed by atoms with E-state index in [0.717, 1.165) is 24.3 Å². The Kier molecular flexibility index (Phi) is 1.81. The van der Waals surface area contributed by atoms with Gasteiger partial charge in [-0.1, -0.05) is 12.1 Å². The molecule has 1 aliphatic rings. The molecule has 0 bridgehead atoms. The predicted octanol–water partition coefficient (Wildman–Crippen LogP) is 1.95. The summed E-state index contributed by atoms with van der Waals surface area (Å²) in [6.07, 6.45) is 0.892. The van der Waals surface area contributed by atoms with Gasteiger partial charge in [0.05, 0.1) is 6.61 Å². The van der Waals surface area contributed by atoms with Crippen LogP contribution in [0.5, 0.6) is 5.75 Å². The summed E-state index contributed by atoms with van der Waals surface area (Å²) in [7, 11) is 0. The van der Waals surface area contributed by atoms with Crippen molar-refractivity contribution in [1.82, 2.24) is 0 Å². The Balaban J connectivity index is 2.53. The van der Waals surface area contributed by atoms with E-state index in [2.05, 4.69) is 32.0 Å². The van der Waals surface area contributed by atoms with Gasteiger partial charge in [-0.3, -0.25) is 0 Å². The fraction of sp³-hybridized carbons (Fsp3) is 0.455. The molecular weight excluding hydrogens is 162 g/mol. The third kappa shape index (κ3) is 1.42. The van der Waals surface area contributed by atoms with E-state index in [-0.39, 0.29) is 5.54 Å². The number of benzene rings is 1. The van der Waals surface area contributed by atoms with E-state index in [4.69, 9.17) is 10.5 Å². The topological polar surface area (TPSA) is 35.2 Å². The van der Waals surface area contributed by atoms with Crippen LogP contribution in [0.1, 0.15) is 24.5 Å². The van der Waals surface area contributed by atoms with Crippen molar-refractivity contribution < 1.29 is 4.74 Å². The summed E-state index contributed by atoms with van der Waals surface area (Å²) in [6.45, 7) is 4.85. The van der Waals surface area contributed by atoms with Gasteiger partial charge in [0.1, 0.15) is 5.75 Å². The van der Waals surface area contributed by atoms with Crippen molar-refractivity contribution in [2.75, 3.05) is 6.61 Å². The Morgan fingerprint density at radius 3 is 3.00 bits per heavy atom. The maximum absolute atomic E-state index is 6.16. The normalized spacial score (nSPS) is 26.4. The first-order valence-corrected chi connectivity index (χ1v) is 4.62. The molecule has 70 valence electrons. The number of ether oxygens (including phenoxy) is 1. The Morgan fingerprint density at radius 2 is 2.23 bits per heavy atom. The van der Waals surface area contributed by atoms with E-state index in [0.29, 0.717) is 0 Å². The minimum Gasteiger partial charge on any atom is -0.493 e. The van der Waals surface area contributed by atoms with Crippen molar-refractivity contribution in [3.8, 4) is 5.75 Å². The molecule has 0 saturated heterocycles. The van der Waals surface area contributed by atoms with Gasteiger partial charge in [-0.05, 0) is 25.5 Å². The molecule has 0 amide bonds. The minimum atomic E-state index is -0.221. The summed E-state index contributed by atoms with van der Waals surface area (Å²) in [5.74, 6) is 0.955. The summed E-state index contributed by atoms with van der Waals surface area (Å²) < 4.78 is 5.56. The molecule has 2 N–H and O–H groups in total. The lowest BCUT2D eigenvalue weighted by Gasteiger charge is -2.32. The van der Waals surface area contributed by atoms with Gasteiger partial charge in [-0.2, -0.15) is 0 Å². The van der Waals surface area contributed by atoms with Crippen molar-refractivity contribution in [2.45, 2.75) is 25.8 Å². The Labute approximate surface area is 78.7 Å². The molecule has 2 nitrogen and oxygen atoms in total. The number of hydrogen-bond donors (Lipinski definition) is 1. The summed E-state index contributed by atoms with van der Waals surface area (Å²) in [6, 6.07) is 6.21. The molecule has 1 aromatic carbocycles. The second kappa shape index (κ2) is 2.74. The zero-order valence-corrected chi connectivity index (χ0v) is 8.13. The molecule has 0 radical (unpaired) electrons. The molecule has 2 rings (SSSR count). The average Bonchev–Trinajstić information content (AvgIpc) is 2.02. The van der Waals surface area contributed by atoms with Crippen LogP contribution in [0.2, 0.25) is 0 Å². The largest absolute Gasteiger partial charge is 0.493 e. The second-order valence-electron chi connectivity index (χ2n) is 4.02. The lowest BCUT2D eigenvalue weighted by atomic mass is 9.87. The molecule has 1 atom stereocenters. The van der Waals surface area contributed by atoms with Crippen LogP contribution in [0.4, 0.5) is 0 Å². The molecule has 0 saturated carbocycles. The number of rotatable bonds is 0. The first kappa shape index (κ1) is 8.57. The van der Waals surface area contributed by atoms with E-state index < -0.39 is 0 Å². The van der Waals surface area contributed by atoms with Crippen molar-refractivity contribution in [3.63, 3.8) is 0 Å². The highest BCUT2D eigenvalue weighted by molar-refractivity contribution is 5.42. The minimum absolute atomic E-state index is 0.221. The monoisotopic (exact) mass is 177 g/mol. The van der Waals surface area contributed by atoms with Gasteiger partial charge in [0.25, 0.3) is 0 Å². The van der Waals surface area contributed by atoms with Crippen LogP contribution in [0.3, 0.4) is 0 Å². The van der Waals surface area contributed by atoms with Crippen LogP contribution >= 0.6 is 0 Å². The van der Waals surface area contributed by atoms with Gasteiger partial charge in [-0.15, -0.1) is 0 Å². The second-order valence-corrected chi connectivity index (χ2v) is 4.02. The van der Waals surface area contributed by atoms with Crippen LogP contribution in [-0.4, -0.2) is 6.61 Å². The summed E-state index contributed by atoms with van der Waals surface area (Å²) in [5, 5.41) is 0. The highest BCUT2D eigenvalue weighted by atomic mass is 16.5. The fourth-order valence-electron chi connectivity index (χ4n) is 1.73. The highest BCUT2D eigenvalue weighted by Crippen LogP contribution is 2.35. The fourth-order valence-corrected chi connectivity index (χ4v) is 1.73. The van der Waals surface area contributed by atoms with Crippen LogP contribution in [0.25, 0.3) is 0 Å². The molecule has 1 heterocycles. The number of nitrogens with two attached hydrogens (primary N) is 1. The maximum Gasteiger partial charge on any atom is 0.124 e. The summed E-state index contributed by atoms with van der Waals surface area (Å²) in [5.41, 5.74) is 8.29. The zero-order valence-electron chi connectivity index (χ0n) is 8.13. The quantitative estimate of drug-likeness (QED) is 0.657. The highest BCUT2D eigenvalue weighted by Gasteiger charge is 2.28. The Hall–Kier alpha value is -1.02. The number of hydrogen-bond acceptors (Lipinski definition) is 2. The molecule has 0 aromatic heterocycles. The first-order valence-electron chi connectivity index (χ1n) is 4.62. The van der Waals surface area contributed by atoms with Crippen molar-refractivity contribution in [2.24, 2.45) is 5.73 Å². The molecule has 1 aliphatic heterocycles. The first-order chi connectivity index (χ1) is 6.09. The van der Waals surface area contributed by atoms with Crippen LogP contribution < -0.4 is 10.5 Å². The van der Waals surface area contributed by atoms with Gasteiger partial charge in [0.2, 0.25) is 0 Å². The molecule has 0 fully saturated rings. The molecule has 1 unspecified atom stereocenters. The van der Waals surface area contributed by atoms with E-state index in [1.54, 1.807) is 0 Å². The van der Waals surface area contributed by atoms with Crippen LogP contribution in [0, 0.1) is 6.92 Å². The standard InChI is InChI=1S/C11H15NO/c1-8-3-4-9-10(7-8)13-6-5-11(9,2)12/h3-4,7H,5-6,12H2,1-2H3. The molecule has 0 spiro atoms. The number of fused-ring (bicyclic) bond motifs is 1. The molecule has 0 aliphatic carbocycles. The Bertz CT molecular complexity index is 331. The molecule has 13 heavy (non-hydrogen) atoms. The van der Waals surface area contributed by atoms with Gasteiger partial charge in [0.15, 0.2) is 0 Å². The van der Waals surface area contributed by atoms with Crippen LogP contribution in [-0.2, 0) is 5.54 Å². The Morgan fingerprint density at radius 1 is 1.46 bits per heavy atom. The number of aryl methyl sites for hydroxylation is 1. The van der Waals surface area contributed by atoms with E-state index in [9.17, 15) is 0 Å². The molecular formula is C11H15NO. The van der Waals surface area contributed by atoms with Gasteiger partial charge >= 0.3 is 0 Å². The summed E-state index contributed by atoms with van der Waals surface area (Å²) in [4.78, 5) is 0. The van der Waals surface area contributed by atoms with E-state index in [1.165, 1.54) is 5.56 Å². The van der Waals surface area contributed by atoms with Gasteiger partial charge in [0, 0.05) is 17.5 Å². The summed E-state index contributed by atoms with van der Waals surface area (Å²) >= 11 is 0. The SMILES string of the molecule is Cc1ccc2c(c1)OCCC2(C)N. The predicted molar refractivity (Wildman–Crippen MR) is 52.8 cm³/mol. The van der Waals surface area contributed by atoms with Crippen molar-refractivity contribution >= 4 is 0 Å². The third-order valence-electron chi connectivity index (χ3n) is 2.63. The lowest BCUT2D eigenvalue weighted by Crippen LogP contribution is -2.38. The van der Waals surface area contributed by atoms with Crippen molar-refractivity contribution in [3.05, 3.63) is 29.3 Å². The smallest absolute Gasteiger partial charge is 0.124 e. The maximum atomic E-state index is 6.16. The molecule has 1 aromatic rings. The van der Waals surface area contributed by atoms with E-state index in [1.807, 2.05) is 0 Å². The molecule has 2 heteroatoms. The lowest BCUT2D eigenvalue weighted by molar-refractivity contribution is 0.227. The van der Waals surface area contributed by atoms with Crippen LogP contribution in [0.15, 0.2) is 18.2 Å². The zero-order chi connectivity index (χ0) is 9.47. The average molecular weight is 177 g/mol. The van der Waals surface area contributed by atoms with Gasteiger partial charge < -0.3 is 10.5 Å². The van der Waals surface area contributed by atoms with Gasteiger partial charge in [-0.25, -0.2) is 0 Å². The third-order valence-corrected chi connectivity index (χ3v) is 2.63. The van der Waals surface area contributed by atoms with Crippen molar-refractivity contribution in [1.29, 1.82) is 0 Å².